The van der Waals surface area contributed by atoms with Gasteiger partial charge in [-0.15, -0.1) is 0 Å². The Bertz CT molecular complexity index is 1730. The van der Waals surface area contributed by atoms with Crippen molar-refractivity contribution in [2.45, 2.75) is 52.4 Å². The zero-order chi connectivity index (χ0) is 30.6. The minimum atomic E-state index is -0.582. The van der Waals surface area contributed by atoms with Gasteiger partial charge in [0.15, 0.2) is 0 Å². The number of hydrogen-bond acceptors (Lipinski definition) is 0. The number of fused-ring (bicyclic) bond motifs is 3. The maximum Gasteiger partial charge on any atom is 0.0635 e. The summed E-state index contributed by atoms with van der Waals surface area (Å²) in [7, 11) is 0. The second kappa shape index (κ2) is 10.5. The molecule has 0 fully saturated rings. The minimum Gasteiger partial charge on any atom is -0.0616 e. The number of rotatable bonds is 4. The van der Waals surface area contributed by atoms with Gasteiger partial charge in [0, 0.05) is 0 Å². The third-order valence-electron chi connectivity index (χ3n) is 10.1. The summed E-state index contributed by atoms with van der Waals surface area (Å²) in [6.45, 7) is 13.3. The summed E-state index contributed by atoms with van der Waals surface area (Å²) in [5, 5.41) is 0. The number of aryl methyl sites for hydroxylation is 6. The van der Waals surface area contributed by atoms with E-state index in [4.69, 9.17) is 0 Å². The quantitative estimate of drug-likeness (QED) is 0.198. The largest absolute Gasteiger partial charge is 0.0635 e. The summed E-state index contributed by atoms with van der Waals surface area (Å²) in [4.78, 5) is 0. The highest BCUT2D eigenvalue weighted by atomic mass is 14.6. The van der Waals surface area contributed by atoms with E-state index >= 15 is 0 Å². The Kier molecular flexibility index (Phi) is 6.70. The Morgan fingerprint density at radius 3 is 0.795 bits per heavy atom. The maximum atomic E-state index is 2.41. The van der Waals surface area contributed by atoms with Crippen molar-refractivity contribution in [1.29, 1.82) is 0 Å². The summed E-state index contributed by atoms with van der Waals surface area (Å²) in [5.41, 5.74) is 17.1. The van der Waals surface area contributed by atoms with E-state index in [1.165, 1.54) is 77.9 Å². The van der Waals surface area contributed by atoms with Gasteiger partial charge in [0.2, 0.25) is 0 Å². The van der Waals surface area contributed by atoms with Gasteiger partial charge in [0.1, 0.15) is 0 Å². The Morgan fingerprint density at radius 2 is 0.545 bits per heavy atom. The summed E-state index contributed by atoms with van der Waals surface area (Å²) in [6, 6.07) is 51.4. The van der Waals surface area contributed by atoms with Crippen LogP contribution in [0.1, 0.15) is 66.8 Å². The van der Waals surface area contributed by atoms with Gasteiger partial charge >= 0.3 is 0 Å². The molecule has 7 rings (SSSR count). The molecule has 6 aromatic carbocycles. The van der Waals surface area contributed by atoms with E-state index < -0.39 is 10.8 Å². The normalized spacial score (nSPS) is 14.5. The van der Waals surface area contributed by atoms with Crippen LogP contribution in [0.4, 0.5) is 0 Å². The zero-order valence-electron chi connectivity index (χ0n) is 26.7. The first-order valence-corrected chi connectivity index (χ1v) is 15.8. The van der Waals surface area contributed by atoms with E-state index in [9.17, 15) is 0 Å². The molecule has 0 nitrogen and oxygen atoms in total. The molecule has 0 aliphatic heterocycles. The van der Waals surface area contributed by atoms with E-state index in [0.717, 1.165) is 0 Å². The van der Waals surface area contributed by atoms with Gasteiger partial charge in [0.05, 0.1) is 10.8 Å². The second-order valence-electron chi connectivity index (χ2n) is 13.0. The van der Waals surface area contributed by atoms with Crippen LogP contribution in [-0.4, -0.2) is 0 Å². The molecule has 0 aromatic heterocycles. The van der Waals surface area contributed by atoms with Crippen LogP contribution >= 0.6 is 0 Å². The van der Waals surface area contributed by atoms with E-state index in [0.29, 0.717) is 0 Å². The highest BCUT2D eigenvalue weighted by Gasteiger charge is 2.61. The lowest BCUT2D eigenvalue weighted by molar-refractivity contribution is 0.414. The fourth-order valence-electron chi connectivity index (χ4n) is 8.06. The van der Waals surface area contributed by atoms with Crippen molar-refractivity contribution in [3.05, 3.63) is 200 Å². The molecule has 1 aliphatic carbocycles. The van der Waals surface area contributed by atoms with Gasteiger partial charge in [-0.3, -0.25) is 0 Å². The molecular formula is C44H40. The lowest BCUT2D eigenvalue weighted by atomic mass is 9.43. The monoisotopic (exact) mass is 568 g/mol. The molecule has 0 heterocycles. The number of benzene rings is 6. The van der Waals surface area contributed by atoms with Gasteiger partial charge in [-0.25, -0.2) is 0 Å². The SMILES string of the molecule is Cc1ccc(C2(c3ccc(C)cc3)c3cccc(C)c3-c3c(C)cccc3C2(c2ccc(C)cc2)c2ccc(C)cc2)cc1. The first kappa shape index (κ1) is 28.1. The Hall–Kier alpha value is -4.68. The summed E-state index contributed by atoms with van der Waals surface area (Å²) >= 11 is 0. The second-order valence-corrected chi connectivity index (χ2v) is 13.0. The molecule has 1 aliphatic rings. The van der Waals surface area contributed by atoms with Crippen molar-refractivity contribution in [1.82, 2.24) is 0 Å². The van der Waals surface area contributed by atoms with Crippen LogP contribution in [0.15, 0.2) is 133 Å². The first-order valence-electron chi connectivity index (χ1n) is 15.8. The molecule has 0 saturated heterocycles. The first-order chi connectivity index (χ1) is 21.3. The van der Waals surface area contributed by atoms with Crippen LogP contribution in [0.25, 0.3) is 11.1 Å². The highest BCUT2D eigenvalue weighted by molar-refractivity contribution is 5.89. The summed E-state index contributed by atoms with van der Waals surface area (Å²) in [6.07, 6.45) is 0. The molecule has 6 aromatic rings. The smallest absolute Gasteiger partial charge is 0.0616 e. The molecule has 0 unspecified atom stereocenters. The Labute approximate surface area is 263 Å². The molecule has 0 radical (unpaired) electrons. The van der Waals surface area contributed by atoms with Crippen LogP contribution in [-0.2, 0) is 10.8 Å². The molecule has 44 heavy (non-hydrogen) atoms. The van der Waals surface area contributed by atoms with Gasteiger partial charge in [0.25, 0.3) is 0 Å². The molecule has 0 bridgehead atoms. The van der Waals surface area contributed by atoms with E-state index in [1.54, 1.807) is 0 Å². The third kappa shape index (κ3) is 3.90. The average Bonchev–Trinajstić information content (AvgIpc) is 3.02. The van der Waals surface area contributed by atoms with E-state index in [-0.39, 0.29) is 0 Å². The predicted molar refractivity (Wildman–Crippen MR) is 186 cm³/mol. The van der Waals surface area contributed by atoms with Gasteiger partial charge in [-0.1, -0.05) is 156 Å². The van der Waals surface area contributed by atoms with Crippen LogP contribution in [0.5, 0.6) is 0 Å². The summed E-state index contributed by atoms with van der Waals surface area (Å²) < 4.78 is 0. The molecule has 216 valence electrons. The van der Waals surface area contributed by atoms with E-state index in [1.807, 2.05) is 0 Å². The fourth-order valence-corrected chi connectivity index (χ4v) is 8.06. The van der Waals surface area contributed by atoms with Gasteiger partial charge in [-0.05, 0) is 97.2 Å². The average molecular weight is 569 g/mol. The van der Waals surface area contributed by atoms with Crippen LogP contribution < -0.4 is 0 Å². The van der Waals surface area contributed by atoms with Gasteiger partial charge in [-0.2, -0.15) is 0 Å². The topological polar surface area (TPSA) is 0 Å². The predicted octanol–water partition coefficient (Wildman–Crippen LogP) is 10.9. The van der Waals surface area contributed by atoms with Crippen molar-refractivity contribution in [2.24, 2.45) is 0 Å². The molecule has 0 N–H and O–H groups in total. The summed E-state index contributed by atoms with van der Waals surface area (Å²) in [5.74, 6) is 0. The van der Waals surface area contributed by atoms with Gasteiger partial charge < -0.3 is 0 Å². The molecule has 0 heteroatoms. The lowest BCUT2D eigenvalue weighted by Crippen LogP contribution is -2.55. The lowest BCUT2D eigenvalue weighted by Gasteiger charge is -2.57. The number of hydrogen-bond donors (Lipinski definition) is 0. The molecule has 0 saturated carbocycles. The standard InChI is InChI=1S/C44H40/c1-29-13-21-35(22-14-29)43(36-23-15-30(2)16-24-36)39-11-7-9-33(5)41(39)42-34(6)10-8-12-40(42)44(43,37-25-17-31(3)18-26-37)38-27-19-32(4)20-28-38/h7-28H,1-6H3. The van der Waals surface area contributed by atoms with Crippen molar-refractivity contribution < 1.29 is 0 Å². The molecule has 0 amide bonds. The molecular weight excluding hydrogens is 528 g/mol. The molecule has 0 atom stereocenters. The van der Waals surface area contributed by atoms with Crippen molar-refractivity contribution in [2.75, 3.05) is 0 Å². The van der Waals surface area contributed by atoms with E-state index in [2.05, 4.69) is 175 Å². The van der Waals surface area contributed by atoms with Crippen LogP contribution in [0.2, 0.25) is 0 Å². The molecule has 0 spiro atoms. The van der Waals surface area contributed by atoms with Crippen LogP contribution in [0, 0.1) is 41.5 Å². The zero-order valence-corrected chi connectivity index (χ0v) is 26.7. The Morgan fingerprint density at radius 1 is 0.295 bits per heavy atom. The van der Waals surface area contributed by atoms with Crippen molar-refractivity contribution >= 4 is 0 Å². The van der Waals surface area contributed by atoms with Crippen molar-refractivity contribution in [3.63, 3.8) is 0 Å². The minimum absolute atomic E-state index is 0.582. The highest BCUT2D eigenvalue weighted by Crippen LogP contribution is 2.66. The fraction of sp³-hybridized carbons (Fsp3) is 0.182. The Balaban J connectivity index is 1.84. The van der Waals surface area contributed by atoms with Crippen LogP contribution in [0.3, 0.4) is 0 Å². The maximum absolute atomic E-state index is 2.41. The van der Waals surface area contributed by atoms with Crippen molar-refractivity contribution in [3.8, 4) is 11.1 Å². The third-order valence-corrected chi connectivity index (χ3v) is 10.1.